The van der Waals surface area contributed by atoms with E-state index in [1.165, 1.54) is 135 Å². The maximum Gasteiger partial charge on any atom is 0.307 e. The minimum absolute atomic E-state index is 0.215. The molecule has 0 radical (unpaired) electrons. The van der Waals surface area contributed by atoms with Gasteiger partial charge in [0, 0.05) is 26.7 Å². The van der Waals surface area contributed by atoms with Gasteiger partial charge in [-0.25, -0.2) is 10.0 Å². The maximum atomic E-state index is 12.8. The number of allylic oxidation sites excluding steroid dienone is 12. The maximum absolute atomic E-state index is 12.8. The second-order valence-corrected chi connectivity index (χ2v) is 20.0. The zero-order valence-electron chi connectivity index (χ0n) is 47.6. The summed E-state index contributed by atoms with van der Waals surface area (Å²) in [4.78, 5) is 38.3. The second kappa shape index (κ2) is 58.7. The Morgan fingerprint density at radius 1 is 0.306 bits per heavy atom. The third-order valence-electron chi connectivity index (χ3n) is 13.1. The van der Waals surface area contributed by atoms with E-state index in [4.69, 9.17) is 14.2 Å². The molecule has 0 saturated carbocycles. The molecule has 0 atom stereocenters. The smallest absolute Gasteiger partial charge is 0.307 e. The first-order valence-corrected chi connectivity index (χ1v) is 30.3. The lowest BCUT2D eigenvalue weighted by Gasteiger charge is -2.31. The summed E-state index contributed by atoms with van der Waals surface area (Å²) in [5.41, 5.74) is 0. The van der Waals surface area contributed by atoms with Crippen LogP contribution in [0.3, 0.4) is 0 Å². The molecule has 8 nitrogen and oxygen atoms in total. The van der Waals surface area contributed by atoms with Gasteiger partial charge in [-0.15, -0.1) is 0 Å². The molecule has 0 aromatic carbocycles. The molecule has 0 unspecified atom stereocenters. The van der Waals surface area contributed by atoms with Crippen LogP contribution in [0.5, 0.6) is 0 Å². The summed E-state index contributed by atoms with van der Waals surface area (Å²) in [6.45, 7) is 9.30. The van der Waals surface area contributed by atoms with Crippen molar-refractivity contribution in [2.75, 3.05) is 46.5 Å². The van der Waals surface area contributed by atoms with E-state index < -0.39 is 0 Å². The van der Waals surface area contributed by atoms with Crippen LogP contribution in [-0.4, -0.2) is 74.4 Å². The number of hydrogen-bond donors (Lipinski definition) is 0. The summed E-state index contributed by atoms with van der Waals surface area (Å²) >= 11 is 0. The Kier molecular flexibility index (Phi) is 56.0. The molecule has 0 aromatic heterocycles. The van der Waals surface area contributed by atoms with Crippen molar-refractivity contribution in [3.8, 4) is 0 Å². The number of ether oxygens (including phenoxy) is 3. The molecule has 0 aliphatic rings. The normalized spacial score (nSPS) is 12.2. The first kappa shape index (κ1) is 68.8. The van der Waals surface area contributed by atoms with E-state index >= 15 is 0 Å². The number of esters is 3. The molecule has 72 heavy (non-hydrogen) atoms. The lowest BCUT2D eigenvalue weighted by molar-refractivity contribution is -0.149. The van der Waals surface area contributed by atoms with Crippen LogP contribution < -0.4 is 0 Å². The lowest BCUT2D eigenvalue weighted by atomic mass is 10.1. The molecule has 0 N–H and O–H groups in total. The van der Waals surface area contributed by atoms with Crippen molar-refractivity contribution >= 4 is 17.9 Å². The fraction of sp³-hybridized carbons (Fsp3) is 0.766. The summed E-state index contributed by atoms with van der Waals surface area (Å²) in [7, 11) is 1.90. The van der Waals surface area contributed by atoms with E-state index in [-0.39, 0.29) is 37.2 Å². The molecule has 0 spiro atoms. The molecule has 0 aromatic rings. The molecule has 0 bridgehead atoms. The Morgan fingerprint density at radius 2 is 0.542 bits per heavy atom. The Balaban J connectivity index is 4.51. The highest BCUT2D eigenvalue weighted by molar-refractivity contribution is 5.70. The highest BCUT2D eigenvalue weighted by atomic mass is 16.5. The predicted molar refractivity (Wildman–Crippen MR) is 309 cm³/mol. The van der Waals surface area contributed by atoms with Crippen LogP contribution in [0, 0.1) is 0 Å². The fourth-order valence-electron chi connectivity index (χ4n) is 8.33. The number of unbranched alkanes of at least 4 members (excludes halogenated alkanes) is 27. The summed E-state index contributed by atoms with van der Waals surface area (Å²) in [5.74, 6) is -0.683. The molecule has 0 aliphatic carbocycles. The van der Waals surface area contributed by atoms with Crippen LogP contribution in [0.2, 0.25) is 0 Å². The number of nitrogens with zero attached hydrogens (tertiary/aromatic N) is 2. The van der Waals surface area contributed by atoms with Gasteiger partial charge in [0.05, 0.1) is 39.1 Å². The summed E-state index contributed by atoms with van der Waals surface area (Å²) in [6, 6.07) is 0. The summed E-state index contributed by atoms with van der Waals surface area (Å²) < 4.78 is 16.8. The SMILES string of the molecule is CCCCC/C=C\C/C=C\CCCCCCCCOC(=O)CCN(C)N(CCC(=O)OCCCCCCCC/C=C\C/C=C\CCCCC)CCC(=O)OCCCCCCCC/C=C\C/C=C\CCCCC. The highest BCUT2D eigenvalue weighted by Gasteiger charge is 2.18. The van der Waals surface area contributed by atoms with Gasteiger partial charge in [-0.2, -0.15) is 0 Å². The van der Waals surface area contributed by atoms with Gasteiger partial charge >= 0.3 is 17.9 Å². The molecule has 0 aliphatic heterocycles. The average Bonchev–Trinajstić information content (AvgIpc) is 3.38. The molecule has 0 amide bonds. The predicted octanol–water partition coefficient (Wildman–Crippen LogP) is 18.4. The van der Waals surface area contributed by atoms with E-state index in [9.17, 15) is 14.4 Å². The van der Waals surface area contributed by atoms with Crippen molar-refractivity contribution in [3.05, 3.63) is 72.9 Å². The van der Waals surface area contributed by atoms with Gasteiger partial charge in [0.15, 0.2) is 0 Å². The van der Waals surface area contributed by atoms with E-state index in [2.05, 4.69) is 93.7 Å². The highest BCUT2D eigenvalue weighted by Crippen LogP contribution is 2.13. The number of hydrogen-bond acceptors (Lipinski definition) is 8. The molecular formula is C64H114N2O6. The van der Waals surface area contributed by atoms with Gasteiger partial charge in [0.25, 0.3) is 0 Å². The summed E-state index contributed by atoms with van der Waals surface area (Å²) in [5, 5.41) is 3.91. The number of hydrazine groups is 1. The van der Waals surface area contributed by atoms with Crippen LogP contribution in [0.25, 0.3) is 0 Å². The monoisotopic (exact) mass is 1010 g/mol. The van der Waals surface area contributed by atoms with Crippen LogP contribution in [-0.2, 0) is 28.6 Å². The van der Waals surface area contributed by atoms with Crippen LogP contribution in [0.4, 0.5) is 0 Å². The van der Waals surface area contributed by atoms with E-state index in [0.29, 0.717) is 39.5 Å². The van der Waals surface area contributed by atoms with Gasteiger partial charge in [0.1, 0.15) is 0 Å². The topological polar surface area (TPSA) is 85.4 Å². The van der Waals surface area contributed by atoms with E-state index in [1.807, 2.05) is 17.1 Å². The van der Waals surface area contributed by atoms with E-state index in [1.54, 1.807) is 0 Å². The minimum Gasteiger partial charge on any atom is -0.466 e. The Labute approximate surface area is 445 Å². The van der Waals surface area contributed by atoms with Gasteiger partial charge in [-0.3, -0.25) is 14.4 Å². The lowest BCUT2D eigenvalue weighted by Crippen LogP contribution is -2.43. The number of rotatable bonds is 55. The number of carbonyl (C=O) groups is 3. The van der Waals surface area contributed by atoms with Crippen molar-refractivity contribution < 1.29 is 28.6 Å². The first-order chi connectivity index (χ1) is 35.4. The molecule has 0 rings (SSSR count). The van der Waals surface area contributed by atoms with Crippen LogP contribution in [0.1, 0.15) is 271 Å². The van der Waals surface area contributed by atoms with Gasteiger partial charge < -0.3 is 14.2 Å². The first-order valence-electron chi connectivity index (χ1n) is 30.3. The second-order valence-electron chi connectivity index (χ2n) is 20.0. The molecule has 8 heteroatoms. The third kappa shape index (κ3) is 54.5. The largest absolute Gasteiger partial charge is 0.466 e. The third-order valence-corrected chi connectivity index (χ3v) is 13.1. The fourth-order valence-corrected chi connectivity index (χ4v) is 8.33. The molecular weight excluding hydrogens is 893 g/mol. The quantitative estimate of drug-likeness (QED) is 0.0196. The molecule has 416 valence electrons. The van der Waals surface area contributed by atoms with Crippen LogP contribution >= 0.6 is 0 Å². The van der Waals surface area contributed by atoms with Gasteiger partial charge in [0.2, 0.25) is 0 Å². The van der Waals surface area contributed by atoms with Crippen molar-refractivity contribution in [1.29, 1.82) is 0 Å². The summed E-state index contributed by atoms with van der Waals surface area (Å²) in [6.07, 6.45) is 70.5. The molecule has 0 heterocycles. The molecule has 0 saturated heterocycles. The van der Waals surface area contributed by atoms with Crippen molar-refractivity contribution in [2.24, 2.45) is 0 Å². The molecule has 0 fully saturated rings. The van der Waals surface area contributed by atoms with Gasteiger partial charge in [-0.1, -0.05) is 209 Å². The zero-order chi connectivity index (χ0) is 52.3. The van der Waals surface area contributed by atoms with E-state index in [0.717, 1.165) is 96.3 Å². The van der Waals surface area contributed by atoms with Crippen molar-refractivity contribution in [2.45, 2.75) is 271 Å². The zero-order valence-corrected chi connectivity index (χ0v) is 47.6. The van der Waals surface area contributed by atoms with Crippen LogP contribution in [0.15, 0.2) is 72.9 Å². The van der Waals surface area contributed by atoms with Gasteiger partial charge in [-0.05, 0) is 116 Å². The Bertz CT molecular complexity index is 1300. The minimum atomic E-state index is -0.233. The van der Waals surface area contributed by atoms with Crippen molar-refractivity contribution in [1.82, 2.24) is 10.0 Å². The number of carbonyl (C=O) groups excluding carboxylic acids is 3. The Hall–Kier alpha value is -3.23. The van der Waals surface area contributed by atoms with Crippen molar-refractivity contribution in [3.63, 3.8) is 0 Å². The standard InChI is InChI=1S/C64H114N2O6/c1-5-8-11-14-17-20-23-26-29-32-35-38-41-44-47-50-59-70-62(67)53-56-65(4)66(57-54-63(68)71-60-51-48-45-42-39-36-33-30-27-24-21-18-15-12-9-6-2)58-55-64(69)72-61-52-49-46-43-40-37-34-31-28-25-22-19-16-13-10-7-3/h17-22,26-31H,5-16,23-25,32-61H2,1-4H3/b20-17-,21-18-,22-19-,29-26-,30-27-,31-28-. The Morgan fingerprint density at radius 3 is 0.819 bits per heavy atom. The average molecular weight is 1010 g/mol.